The monoisotopic (exact) mass is 262 g/mol. The highest BCUT2D eigenvalue weighted by molar-refractivity contribution is 7.92. The summed E-state index contributed by atoms with van der Waals surface area (Å²) in [7, 11) is -3.04. The molecule has 0 aliphatic carbocycles. The predicted molar refractivity (Wildman–Crippen MR) is 71.9 cm³/mol. The van der Waals surface area contributed by atoms with Gasteiger partial charge in [0.05, 0.1) is 10.5 Å². The van der Waals surface area contributed by atoms with Crippen molar-refractivity contribution in [1.29, 1.82) is 0 Å². The first-order valence-corrected chi connectivity index (χ1v) is 7.79. The fourth-order valence-electron chi connectivity index (χ4n) is 1.26. The normalized spacial score (nSPS) is 13.8. The Morgan fingerprint density at radius 3 is 1.76 bits per heavy atom. The van der Waals surface area contributed by atoms with Gasteiger partial charge in [-0.25, -0.2) is 8.42 Å². The van der Waals surface area contributed by atoms with Crippen LogP contribution in [-0.4, -0.2) is 24.7 Å². The zero-order valence-electron chi connectivity index (χ0n) is 12.0. The Labute approximate surface area is 106 Å². The van der Waals surface area contributed by atoms with Crippen molar-refractivity contribution in [3.8, 4) is 0 Å². The van der Waals surface area contributed by atoms with Crippen LogP contribution in [0.1, 0.15) is 60.8 Å². The van der Waals surface area contributed by atoms with Crippen LogP contribution in [0.15, 0.2) is 0 Å². The van der Waals surface area contributed by atoms with Gasteiger partial charge in [-0.05, 0) is 33.6 Å². The molecule has 0 amide bonds. The quantitative estimate of drug-likeness (QED) is 0.716. The van der Waals surface area contributed by atoms with Crippen LogP contribution in [0.4, 0.5) is 0 Å². The summed E-state index contributed by atoms with van der Waals surface area (Å²) in [4.78, 5) is 11.6. The molecule has 0 saturated carbocycles. The van der Waals surface area contributed by atoms with Crippen molar-refractivity contribution in [2.24, 2.45) is 5.41 Å². The maximum absolute atomic E-state index is 11.8. The first kappa shape index (κ1) is 16.6. The fourth-order valence-corrected chi connectivity index (χ4v) is 2.46. The first-order chi connectivity index (χ1) is 7.38. The SMILES string of the molecule is CC(C)(C)C(=O)CCCCS(=O)(=O)C(C)(C)C. The maximum atomic E-state index is 11.8. The summed E-state index contributed by atoms with van der Waals surface area (Å²) in [5.41, 5.74) is -0.317. The molecule has 0 N–H and O–H groups in total. The Kier molecular flexibility index (Phi) is 5.38. The highest BCUT2D eigenvalue weighted by atomic mass is 32.2. The molecule has 0 aliphatic heterocycles. The van der Waals surface area contributed by atoms with E-state index in [9.17, 15) is 13.2 Å². The summed E-state index contributed by atoms with van der Waals surface area (Å²) in [5.74, 6) is 0.374. The topological polar surface area (TPSA) is 51.2 Å². The second-order valence-corrected chi connectivity index (χ2v) is 9.42. The van der Waals surface area contributed by atoms with E-state index in [-0.39, 0.29) is 17.0 Å². The lowest BCUT2D eigenvalue weighted by molar-refractivity contribution is -0.126. The van der Waals surface area contributed by atoms with Gasteiger partial charge >= 0.3 is 0 Å². The number of unbranched alkanes of at least 4 members (excludes halogenated alkanes) is 1. The molecule has 0 rings (SSSR count). The van der Waals surface area contributed by atoms with Crippen LogP contribution in [0.3, 0.4) is 0 Å². The van der Waals surface area contributed by atoms with E-state index in [0.717, 1.165) is 0 Å². The molecule has 0 spiro atoms. The summed E-state index contributed by atoms with van der Waals surface area (Å²) >= 11 is 0. The Morgan fingerprint density at radius 1 is 0.941 bits per heavy atom. The molecular formula is C13H26O3S. The zero-order chi connectivity index (χ0) is 13.9. The van der Waals surface area contributed by atoms with Gasteiger partial charge in [0.15, 0.2) is 9.84 Å². The van der Waals surface area contributed by atoms with Crippen LogP contribution in [0, 0.1) is 5.41 Å². The Hall–Kier alpha value is -0.380. The van der Waals surface area contributed by atoms with Crippen molar-refractivity contribution < 1.29 is 13.2 Å². The van der Waals surface area contributed by atoms with Crippen LogP contribution in [0.25, 0.3) is 0 Å². The van der Waals surface area contributed by atoms with Gasteiger partial charge in [0.1, 0.15) is 5.78 Å². The van der Waals surface area contributed by atoms with E-state index in [1.807, 2.05) is 20.8 Å². The van der Waals surface area contributed by atoms with Crippen molar-refractivity contribution in [2.45, 2.75) is 65.6 Å². The molecule has 4 heteroatoms. The van der Waals surface area contributed by atoms with Crippen LogP contribution < -0.4 is 0 Å². The Morgan fingerprint density at radius 2 is 1.41 bits per heavy atom. The van der Waals surface area contributed by atoms with Gasteiger partial charge in [-0.1, -0.05) is 20.8 Å². The fraction of sp³-hybridized carbons (Fsp3) is 0.923. The summed E-state index contributed by atoms with van der Waals surface area (Å²) in [6, 6.07) is 0. The first-order valence-electron chi connectivity index (χ1n) is 6.13. The average Bonchev–Trinajstić information content (AvgIpc) is 2.08. The van der Waals surface area contributed by atoms with E-state index in [1.54, 1.807) is 20.8 Å². The van der Waals surface area contributed by atoms with Crippen molar-refractivity contribution in [1.82, 2.24) is 0 Å². The van der Waals surface area contributed by atoms with Crippen molar-refractivity contribution >= 4 is 15.6 Å². The number of rotatable bonds is 5. The van der Waals surface area contributed by atoms with E-state index in [1.165, 1.54) is 0 Å². The number of hydrogen-bond donors (Lipinski definition) is 0. The molecule has 0 bridgehead atoms. The molecule has 0 unspecified atom stereocenters. The molecule has 0 atom stereocenters. The maximum Gasteiger partial charge on any atom is 0.155 e. The van der Waals surface area contributed by atoms with Gasteiger partial charge < -0.3 is 0 Å². The largest absolute Gasteiger partial charge is 0.299 e. The standard InChI is InChI=1S/C13H26O3S/c1-12(2,3)11(14)9-7-8-10-17(15,16)13(4,5)6/h7-10H2,1-6H3. The van der Waals surface area contributed by atoms with E-state index in [2.05, 4.69) is 0 Å². The lowest BCUT2D eigenvalue weighted by Gasteiger charge is -2.19. The minimum atomic E-state index is -3.04. The molecule has 0 aliphatic rings. The second-order valence-electron chi connectivity index (χ2n) is 6.56. The molecule has 0 aromatic heterocycles. The van der Waals surface area contributed by atoms with Gasteiger partial charge in [-0.2, -0.15) is 0 Å². The van der Waals surface area contributed by atoms with E-state index >= 15 is 0 Å². The second kappa shape index (κ2) is 5.51. The predicted octanol–water partition coefficient (Wildman–Crippen LogP) is 2.99. The Balaban J connectivity index is 4.09. The molecule has 0 heterocycles. The van der Waals surface area contributed by atoms with E-state index in [0.29, 0.717) is 19.3 Å². The molecule has 0 aromatic carbocycles. The average molecular weight is 262 g/mol. The number of Topliss-reactive ketones (excluding diaryl/α,β-unsaturated/α-hetero) is 1. The number of ketones is 1. The lowest BCUT2D eigenvalue weighted by atomic mass is 9.88. The van der Waals surface area contributed by atoms with Gasteiger partial charge in [-0.15, -0.1) is 0 Å². The summed E-state index contributed by atoms with van der Waals surface area (Å²) in [6.07, 6.45) is 1.70. The number of sulfone groups is 1. The minimum absolute atomic E-state index is 0.175. The number of carbonyl (C=O) groups is 1. The molecule has 0 saturated heterocycles. The van der Waals surface area contributed by atoms with Crippen molar-refractivity contribution in [2.75, 3.05) is 5.75 Å². The van der Waals surface area contributed by atoms with E-state index in [4.69, 9.17) is 0 Å². The highest BCUT2D eigenvalue weighted by Gasteiger charge is 2.28. The molecule has 0 aromatic rings. The summed E-state index contributed by atoms with van der Waals surface area (Å²) < 4.78 is 22.9. The van der Waals surface area contributed by atoms with Crippen LogP contribution in [-0.2, 0) is 14.6 Å². The molecule has 102 valence electrons. The number of carbonyl (C=O) groups excluding carboxylic acids is 1. The number of hydrogen-bond acceptors (Lipinski definition) is 3. The third-order valence-corrected chi connectivity index (χ3v) is 5.53. The summed E-state index contributed by atoms with van der Waals surface area (Å²) in [6.45, 7) is 10.8. The summed E-state index contributed by atoms with van der Waals surface area (Å²) in [5, 5.41) is 0. The zero-order valence-corrected chi connectivity index (χ0v) is 12.8. The molecule has 0 fully saturated rings. The van der Waals surface area contributed by atoms with Gasteiger partial charge in [0.25, 0.3) is 0 Å². The molecule has 3 nitrogen and oxygen atoms in total. The van der Waals surface area contributed by atoms with Gasteiger partial charge in [-0.3, -0.25) is 4.79 Å². The van der Waals surface area contributed by atoms with E-state index < -0.39 is 14.6 Å². The van der Waals surface area contributed by atoms with Crippen LogP contribution in [0.2, 0.25) is 0 Å². The van der Waals surface area contributed by atoms with Crippen molar-refractivity contribution in [3.05, 3.63) is 0 Å². The van der Waals surface area contributed by atoms with Gasteiger partial charge in [0, 0.05) is 11.8 Å². The van der Waals surface area contributed by atoms with Crippen LogP contribution in [0.5, 0.6) is 0 Å². The third-order valence-electron chi connectivity index (χ3n) is 2.84. The lowest BCUT2D eigenvalue weighted by Crippen LogP contribution is -2.30. The highest BCUT2D eigenvalue weighted by Crippen LogP contribution is 2.20. The van der Waals surface area contributed by atoms with Gasteiger partial charge in [0.2, 0.25) is 0 Å². The minimum Gasteiger partial charge on any atom is -0.299 e. The molecule has 0 radical (unpaired) electrons. The molecule has 17 heavy (non-hydrogen) atoms. The smallest absolute Gasteiger partial charge is 0.155 e. The third kappa shape index (κ3) is 5.66. The molecular weight excluding hydrogens is 236 g/mol. The van der Waals surface area contributed by atoms with Crippen molar-refractivity contribution in [3.63, 3.8) is 0 Å². The van der Waals surface area contributed by atoms with Crippen LogP contribution >= 0.6 is 0 Å². The Bertz CT molecular complexity index is 353.